The largest absolute Gasteiger partial charge is 0.326 e. The van der Waals surface area contributed by atoms with Crippen LogP contribution < -0.4 is 10.6 Å². The number of halogens is 1. The zero-order valence-electron chi connectivity index (χ0n) is 9.01. The van der Waals surface area contributed by atoms with Crippen molar-refractivity contribution in [2.75, 3.05) is 10.6 Å². The molecule has 0 radical (unpaired) electrons. The number of aryl methyl sites for hydroxylation is 1. The number of nitrogens with zero attached hydrogens (tertiary/aromatic N) is 3. The highest BCUT2D eigenvalue weighted by Gasteiger charge is 2.05. The van der Waals surface area contributed by atoms with Gasteiger partial charge in [0.05, 0.1) is 6.20 Å². The Hall–Kier alpha value is -1.89. The van der Waals surface area contributed by atoms with E-state index < -0.39 is 0 Å². The summed E-state index contributed by atoms with van der Waals surface area (Å²) in [7, 11) is 1.74. The van der Waals surface area contributed by atoms with E-state index >= 15 is 0 Å². The number of aromatic nitrogens is 3. The topological polar surface area (TPSA) is 71.8 Å². The van der Waals surface area contributed by atoms with E-state index in [1.54, 1.807) is 42.3 Å². The van der Waals surface area contributed by atoms with E-state index in [1.165, 1.54) is 0 Å². The van der Waals surface area contributed by atoms with Crippen LogP contribution >= 0.6 is 15.9 Å². The molecule has 0 saturated heterocycles. The van der Waals surface area contributed by atoms with E-state index in [9.17, 15) is 4.79 Å². The van der Waals surface area contributed by atoms with Gasteiger partial charge < -0.3 is 0 Å². The van der Waals surface area contributed by atoms with Gasteiger partial charge in [0, 0.05) is 23.8 Å². The molecule has 0 aliphatic heterocycles. The van der Waals surface area contributed by atoms with Crippen LogP contribution in [0.15, 0.2) is 35.1 Å². The molecule has 2 amide bonds. The summed E-state index contributed by atoms with van der Waals surface area (Å²) in [5, 5.41) is 9.20. The molecule has 2 aromatic rings. The maximum atomic E-state index is 11.6. The van der Waals surface area contributed by atoms with E-state index in [-0.39, 0.29) is 6.03 Å². The van der Waals surface area contributed by atoms with Crippen molar-refractivity contribution in [3.8, 4) is 0 Å². The maximum absolute atomic E-state index is 11.6. The van der Waals surface area contributed by atoms with Crippen molar-refractivity contribution in [1.82, 2.24) is 14.8 Å². The fourth-order valence-corrected chi connectivity index (χ4v) is 1.44. The lowest BCUT2D eigenvalue weighted by Gasteiger charge is -2.06. The summed E-state index contributed by atoms with van der Waals surface area (Å²) >= 11 is 3.27. The molecule has 0 bridgehead atoms. The van der Waals surface area contributed by atoms with Crippen LogP contribution in [0.2, 0.25) is 0 Å². The highest BCUT2D eigenvalue weighted by Crippen LogP contribution is 2.11. The zero-order chi connectivity index (χ0) is 12.3. The predicted molar refractivity (Wildman–Crippen MR) is 67.8 cm³/mol. The summed E-state index contributed by atoms with van der Waals surface area (Å²) in [5.41, 5.74) is 0. The molecule has 0 atom stereocenters. The minimum atomic E-state index is -0.358. The van der Waals surface area contributed by atoms with E-state index in [0.717, 1.165) is 4.47 Å². The second-order valence-corrected chi connectivity index (χ2v) is 4.20. The molecule has 2 heterocycles. The summed E-state index contributed by atoms with van der Waals surface area (Å²) in [4.78, 5) is 15.6. The number of pyridine rings is 1. The first-order valence-electron chi connectivity index (χ1n) is 4.83. The fourth-order valence-electron chi connectivity index (χ4n) is 1.21. The minimum Gasteiger partial charge on any atom is -0.292 e. The van der Waals surface area contributed by atoms with Gasteiger partial charge in [0.15, 0.2) is 0 Å². The molecule has 2 aromatic heterocycles. The second kappa shape index (κ2) is 4.96. The summed E-state index contributed by atoms with van der Waals surface area (Å²) in [6, 6.07) is 4.84. The molecule has 7 heteroatoms. The third kappa shape index (κ3) is 3.04. The molecule has 0 saturated carbocycles. The number of rotatable bonds is 2. The Balaban J connectivity index is 1.98. The normalized spacial score (nSPS) is 10.0. The lowest BCUT2D eigenvalue weighted by molar-refractivity contribution is 0.262. The van der Waals surface area contributed by atoms with Gasteiger partial charge >= 0.3 is 6.03 Å². The van der Waals surface area contributed by atoms with Gasteiger partial charge in [-0.25, -0.2) is 9.78 Å². The van der Waals surface area contributed by atoms with Crippen LogP contribution in [0.25, 0.3) is 0 Å². The van der Waals surface area contributed by atoms with Crippen molar-refractivity contribution in [2.45, 2.75) is 0 Å². The first-order valence-corrected chi connectivity index (χ1v) is 5.62. The van der Waals surface area contributed by atoms with Gasteiger partial charge in [-0.2, -0.15) is 5.10 Å². The first-order chi connectivity index (χ1) is 8.15. The summed E-state index contributed by atoms with van der Waals surface area (Å²) in [5.74, 6) is 1.09. The number of amides is 2. The number of hydrogen-bond donors (Lipinski definition) is 2. The lowest BCUT2D eigenvalue weighted by atomic mass is 10.5. The molecule has 0 aliphatic carbocycles. The van der Waals surface area contributed by atoms with Crippen LogP contribution in [0.5, 0.6) is 0 Å². The average molecular weight is 296 g/mol. The number of anilines is 2. The molecule has 0 unspecified atom stereocenters. The van der Waals surface area contributed by atoms with Crippen LogP contribution in [-0.2, 0) is 7.05 Å². The smallest absolute Gasteiger partial charge is 0.292 e. The molecular formula is C10H10BrN5O. The minimum absolute atomic E-state index is 0.358. The molecule has 0 aromatic carbocycles. The van der Waals surface area contributed by atoms with Crippen molar-refractivity contribution < 1.29 is 4.79 Å². The Bertz CT molecular complexity index is 522. The van der Waals surface area contributed by atoms with Crippen molar-refractivity contribution >= 4 is 33.6 Å². The Morgan fingerprint density at radius 3 is 2.76 bits per heavy atom. The molecule has 2 rings (SSSR count). The van der Waals surface area contributed by atoms with Gasteiger partial charge in [-0.1, -0.05) is 0 Å². The third-order valence-electron chi connectivity index (χ3n) is 2.03. The Morgan fingerprint density at radius 1 is 1.35 bits per heavy atom. The standard InChI is InChI=1S/C10H10BrN5O/c1-16-9(4-5-13-16)15-10(17)14-8-3-2-7(11)6-12-8/h2-6H,1H3,(H2,12,14,15,17). The predicted octanol–water partition coefficient (Wildman–Crippen LogP) is 2.22. The Morgan fingerprint density at radius 2 is 2.18 bits per heavy atom. The van der Waals surface area contributed by atoms with Gasteiger partial charge in [-0.3, -0.25) is 15.3 Å². The molecule has 0 spiro atoms. The van der Waals surface area contributed by atoms with Gasteiger partial charge in [-0.15, -0.1) is 0 Å². The van der Waals surface area contributed by atoms with Crippen molar-refractivity contribution in [3.05, 3.63) is 35.1 Å². The molecule has 2 N–H and O–H groups in total. The maximum Gasteiger partial charge on any atom is 0.326 e. The van der Waals surface area contributed by atoms with Gasteiger partial charge in [0.2, 0.25) is 0 Å². The monoisotopic (exact) mass is 295 g/mol. The van der Waals surface area contributed by atoms with Gasteiger partial charge in [0.25, 0.3) is 0 Å². The van der Waals surface area contributed by atoms with Crippen LogP contribution in [-0.4, -0.2) is 20.8 Å². The molecule has 6 nitrogen and oxygen atoms in total. The first kappa shape index (κ1) is 11.6. The van der Waals surface area contributed by atoms with Gasteiger partial charge in [-0.05, 0) is 28.1 Å². The Labute approximate surface area is 106 Å². The summed E-state index contributed by atoms with van der Waals surface area (Å²) in [6.45, 7) is 0. The quantitative estimate of drug-likeness (QED) is 0.892. The number of hydrogen-bond acceptors (Lipinski definition) is 3. The third-order valence-corrected chi connectivity index (χ3v) is 2.50. The Kier molecular flexibility index (Phi) is 3.38. The molecule has 0 aliphatic rings. The van der Waals surface area contributed by atoms with E-state index in [0.29, 0.717) is 11.6 Å². The molecule has 0 fully saturated rings. The van der Waals surface area contributed by atoms with Crippen LogP contribution in [0.3, 0.4) is 0 Å². The molecule has 88 valence electrons. The number of carbonyl (C=O) groups excluding carboxylic acids is 1. The van der Waals surface area contributed by atoms with Gasteiger partial charge in [0.1, 0.15) is 11.6 Å². The molecular weight excluding hydrogens is 286 g/mol. The lowest BCUT2D eigenvalue weighted by Crippen LogP contribution is -2.21. The number of carbonyl (C=O) groups is 1. The van der Waals surface area contributed by atoms with Crippen molar-refractivity contribution in [3.63, 3.8) is 0 Å². The fraction of sp³-hybridized carbons (Fsp3) is 0.100. The van der Waals surface area contributed by atoms with Crippen molar-refractivity contribution in [1.29, 1.82) is 0 Å². The van der Waals surface area contributed by atoms with Crippen LogP contribution in [0.4, 0.5) is 16.4 Å². The highest BCUT2D eigenvalue weighted by molar-refractivity contribution is 9.10. The summed E-state index contributed by atoms with van der Waals surface area (Å²) < 4.78 is 2.42. The van der Waals surface area contributed by atoms with E-state index in [1.807, 2.05) is 0 Å². The number of urea groups is 1. The number of nitrogens with one attached hydrogen (secondary N) is 2. The average Bonchev–Trinajstić information content (AvgIpc) is 2.68. The van der Waals surface area contributed by atoms with E-state index in [4.69, 9.17) is 0 Å². The van der Waals surface area contributed by atoms with Crippen LogP contribution in [0, 0.1) is 0 Å². The zero-order valence-corrected chi connectivity index (χ0v) is 10.6. The van der Waals surface area contributed by atoms with Crippen LogP contribution in [0.1, 0.15) is 0 Å². The van der Waals surface area contributed by atoms with Crippen molar-refractivity contribution in [2.24, 2.45) is 7.05 Å². The highest BCUT2D eigenvalue weighted by atomic mass is 79.9. The summed E-state index contributed by atoms with van der Waals surface area (Å²) in [6.07, 6.45) is 3.22. The molecule has 17 heavy (non-hydrogen) atoms. The van der Waals surface area contributed by atoms with E-state index in [2.05, 4.69) is 36.6 Å². The second-order valence-electron chi connectivity index (χ2n) is 3.28. The SMILES string of the molecule is Cn1nccc1NC(=O)Nc1ccc(Br)cn1.